The summed E-state index contributed by atoms with van der Waals surface area (Å²) in [4.78, 5) is 18.2. The molecule has 0 atom stereocenters. The summed E-state index contributed by atoms with van der Waals surface area (Å²) in [6.07, 6.45) is 2.97. The minimum atomic E-state index is -0.495. The van der Waals surface area contributed by atoms with Gasteiger partial charge in [-0.15, -0.1) is 0 Å². The lowest BCUT2D eigenvalue weighted by atomic mass is 10.2. The lowest BCUT2D eigenvalue weighted by molar-refractivity contribution is -0.384. The van der Waals surface area contributed by atoms with Gasteiger partial charge >= 0.3 is 0 Å². The minimum absolute atomic E-state index is 0.0531. The van der Waals surface area contributed by atoms with E-state index >= 15 is 0 Å². The fourth-order valence-corrected chi connectivity index (χ4v) is 1.57. The van der Waals surface area contributed by atoms with E-state index in [1.54, 1.807) is 12.3 Å². The van der Waals surface area contributed by atoms with Gasteiger partial charge in [0.1, 0.15) is 0 Å². The van der Waals surface area contributed by atoms with Crippen LogP contribution < -0.4 is 5.43 Å². The first-order valence-electron chi connectivity index (χ1n) is 5.59. The smallest absolute Gasteiger partial charge is 0.258 e. The zero-order valence-electron chi connectivity index (χ0n) is 10.4. The van der Waals surface area contributed by atoms with Crippen molar-refractivity contribution >= 4 is 29.5 Å². The molecule has 2 rings (SSSR count). The Bertz CT molecular complexity index is 675. The molecule has 0 saturated carbocycles. The van der Waals surface area contributed by atoms with Crippen molar-refractivity contribution in [2.24, 2.45) is 5.10 Å². The van der Waals surface area contributed by atoms with Crippen LogP contribution >= 0.6 is 11.6 Å². The molecule has 1 aromatic heterocycles. The van der Waals surface area contributed by atoms with Crippen molar-refractivity contribution in [3.8, 4) is 0 Å². The van der Waals surface area contributed by atoms with Gasteiger partial charge in [-0.25, -0.2) is 15.4 Å². The van der Waals surface area contributed by atoms with Crippen LogP contribution in [0.15, 0.2) is 35.6 Å². The molecule has 0 aliphatic rings. The Balaban J connectivity index is 2.15. The molecule has 0 fully saturated rings. The van der Waals surface area contributed by atoms with E-state index in [9.17, 15) is 10.1 Å². The Hall–Kier alpha value is -2.54. The molecule has 0 saturated heterocycles. The van der Waals surface area contributed by atoms with Crippen molar-refractivity contribution in [1.82, 2.24) is 9.97 Å². The summed E-state index contributed by atoms with van der Waals surface area (Å²) >= 11 is 5.94. The van der Waals surface area contributed by atoms with Crippen LogP contribution in [0.1, 0.15) is 11.3 Å². The van der Waals surface area contributed by atoms with Crippen LogP contribution in [0, 0.1) is 17.0 Å². The molecule has 0 bridgehead atoms. The van der Waals surface area contributed by atoms with Crippen LogP contribution in [-0.2, 0) is 0 Å². The largest absolute Gasteiger partial charge is 0.270 e. The van der Waals surface area contributed by atoms with Crippen molar-refractivity contribution in [2.75, 3.05) is 5.43 Å². The first-order valence-corrected chi connectivity index (χ1v) is 5.97. The minimum Gasteiger partial charge on any atom is -0.258 e. The highest BCUT2D eigenvalue weighted by Gasteiger charge is 2.08. The molecule has 0 aliphatic carbocycles. The zero-order chi connectivity index (χ0) is 14.5. The van der Waals surface area contributed by atoms with E-state index < -0.39 is 4.92 Å². The number of nitrogens with zero attached hydrogens (tertiary/aromatic N) is 4. The average molecular weight is 292 g/mol. The van der Waals surface area contributed by atoms with Gasteiger partial charge in [0.15, 0.2) is 0 Å². The van der Waals surface area contributed by atoms with Crippen LogP contribution in [0.2, 0.25) is 5.02 Å². The van der Waals surface area contributed by atoms with E-state index in [0.29, 0.717) is 16.5 Å². The monoisotopic (exact) mass is 291 g/mol. The number of nitrogens with one attached hydrogen (secondary N) is 1. The van der Waals surface area contributed by atoms with Crippen LogP contribution in [0.5, 0.6) is 0 Å². The molecule has 0 aliphatic heterocycles. The van der Waals surface area contributed by atoms with Gasteiger partial charge in [0, 0.05) is 34.6 Å². The van der Waals surface area contributed by atoms with Crippen molar-refractivity contribution < 1.29 is 4.92 Å². The maximum atomic E-state index is 10.7. The van der Waals surface area contributed by atoms with E-state index in [2.05, 4.69) is 20.5 Å². The van der Waals surface area contributed by atoms with Crippen LogP contribution in [0.25, 0.3) is 0 Å². The van der Waals surface area contributed by atoms with Gasteiger partial charge in [-0.1, -0.05) is 11.6 Å². The Morgan fingerprint density at radius 2 is 2.25 bits per heavy atom. The molecular weight excluding hydrogens is 282 g/mol. The van der Waals surface area contributed by atoms with Gasteiger partial charge in [0.25, 0.3) is 5.69 Å². The Labute approximate surface area is 119 Å². The predicted octanol–water partition coefficient (Wildman–Crippen LogP) is 2.79. The van der Waals surface area contributed by atoms with Gasteiger partial charge in [-0.3, -0.25) is 10.1 Å². The highest BCUT2D eigenvalue weighted by molar-refractivity contribution is 6.33. The number of non-ortho nitro benzene ring substituents is 1. The SMILES string of the molecule is Cc1ccnc(NN=Cc2cc([N+](=O)[O-])ccc2Cl)n1. The molecule has 1 N–H and O–H groups in total. The summed E-state index contributed by atoms with van der Waals surface area (Å²) < 4.78 is 0. The van der Waals surface area contributed by atoms with Crippen molar-refractivity contribution in [3.05, 3.63) is 56.9 Å². The number of anilines is 1. The molecule has 0 radical (unpaired) electrons. The van der Waals surface area contributed by atoms with Gasteiger partial charge in [0.2, 0.25) is 5.95 Å². The summed E-state index contributed by atoms with van der Waals surface area (Å²) in [5.74, 6) is 0.336. The second-order valence-electron chi connectivity index (χ2n) is 3.85. The number of benzene rings is 1. The maximum Gasteiger partial charge on any atom is 0.270 e. The van der Waals surface area contributed by atoms with Crippen molar-refractivity contribution in [3.63, 3.8) is 0 Å². The number of hydrogen-bond acceptors (Lipinski definition) is 6. The molecule has 20 heavy (non-hydrogen) atoms. The maximum absolute atomic E-state index is 10.7. The van der Waals surface area contributed by atoms with Crippen LogP contribution in [0.3, 0.4) is 0 Å². The third kappa shape index (κ3) is 3.48. The summed E-state index contributed by atoms with van der Waals surface area (Å²) in [6.45, 7) is 1.83. The highest BCUT2D eigenvalue weighted by atomic mass is 35.5. The number of nitro groups is 1. The van der Waals surface area contributed by atoms with E-state index in [1.165, 1.54) is 24.4 Å². The molecule has 102 valence electrons. The standard InChI is InChI=1S/C12H10ClN5O2/c1-8-4-5-14-12(16-8)17-15-7-9-6-10(18(19)20)2-3-11(9)13/h2-7H,1H3,(H,14,16,17). The molecule has 7 nitrogen and oxygen atoms in total. The molecule has 2 aromatic rings. The Kier molecular flexibility index (Phi) is 4.21. The number of halogens is 1. The van der Waals surface area contributed by atoms with Crippen LogP contribution in [-0.4, -0.2) is 21.1 Å². The fraction of sp³-hybridized carbons (Fsp3) is 0.0833. The topological polar surface area (TPSA) is 93.3 Å². The van der Waals surface area contributed by atoms with Gasteiger partial charge < -0.3 is 0 Å². The van der Waals surface area contributed by atoms with E-state index in [4.69, 9.17) is 11.6 Å². The van der Waals surface area contributed by atoms with Crippen LogP contribution in [0.4, 0.5) is 11.6 Å². The Morgan fingerprint density at radius 1 is 1.45 bits per heavy atom. The molecule has 0 unspecified atom stereocenters. The van der Waals surface area contributed by atoms with Gasteiger partial charge in [-0.2, -0.15) is 5.10 Å². The number of hydrazone groups is 1. The molecule has 8 heteroatoms. The molecule has 0 spiro atoms. The number of hydrogen-bond donors (Lipinski definition) is 1. The quantitative estimate of drug-likeness (QED) is 0.531. The zero-order valence-corrected chi connectivity index (χ0v) is 11.2. The number of aryl methyl sites for hydroxylation is 1. The Morgan fingerprint density at radius 3 is 2.95 bits per heavy atom. The van der Waals surface area contributed by atoms with Crippen molar-refractivity contribution in [2.45, 2.75) is 6.92 Å². The van der Waals surface area contributed by atoms with Gasteiger partial charge in [0.05, 0.1) is 11.1 Å². The van der Waals surface area contributed by atoms with Gasteiger partial charge in [-0.05, 0) is 19.1 Å². The fourth-order valence-electron chi connectivity index (χ4n) is 1.41. The summed E-state index contributed by atoms with van der Waals surface area (Å²) in [5, 5.41) is 15.0. The number of rotatable bonds is 4. The second-order valence-corrected chi connectivity index (χ2v) is 4.26. The summed E-state index contributed by atoms with van der Waals surface area (Å²) in [5.41, 5.74) is 3.80. The van der Waals surface area contributed by atoms with Crippen molar-refractivity contribution in [1.29, 1.82) is 0 Å². The molecular formula is C12H10ClN5O2. The van der Waals surface area contributed by atoms with E-state index in [0.717, 1.165) is 5.69 Å². The lowest BCUT2D eigenvalue weighted by Crippen LogP contribution is -1.98. The van der Waals surface area contributed by atoms with E-state index in [-0.39, 0.29) is 5.69 Å². The number of nitro benzene ring substituents is 1. The summed E-state index contributed by atoms with van der Waals surface area (Å²) in [7, 11) is 0. The first kappa shape index (κ1) is 13.9. The lowest BCUT2D eigenvalue weighted by Gasteiger charge is -2.00. The summed E-state index contributed by atoms with van der Waals surface area (Å²) in [6, 6.07) is 5.87. The third-order valence-electron chi connectivity index (χ3n) is 2.35. The predicted molar refractivity (Wildman–Crippen MR) is 76.1 cm³/mol. The second kappa shape index (κ2) is 6.07. The third-order valence-corrected chi connectivity index (χ3v) is 2.70. The van der Waals surface area contributed by atoms with E-state index in [1.807, 2.05) is 6.92 Å². The highest BCUT2D eigenvalue weighted by Crippen LogP contribution is 2.20. The molecule has 1 aromatic carbocycles. The molecule has 0 amide bonds. The molecule has 1 heterocycles. The normalized spacial score (nSPS) is 10.7. The average Bonchev–Trinajstić information content (AvgIpc) is 2.40. The first-order chi connectivity index (χ1) is 9.56. The number of aromatic nitrogens is 2.